The number of benzene rings is 1. The van der Waals surface area contributed by atoms with Gasteiger partial charge in [0.05, 0.1) is 6.10 Å². The van der Waals surface area contributed by atoms with E-state index in [0.717, 1.165) is 37.9 Å². The molecule has 1 heterocycles. The lowest BCUT2D eigenvalue weighted by atomic mass is 9.67. The number of nitrogens with zero attached hydrogens (tertiary/aromatic N) is 1. The first-order valence-electron chi connectivity index (χ1n) is 10.3. The van der Waals surface area contributed by atoms with Gasteiger partial charge in [-0.3, -0.25) is 9.59 Å². The first-order chi connectivity index (χ1) is 13.3. The summed E-state index contributed by atoms with van der Waals surface area (Å²) in [4.78, 5) is 26.1. The molecule has 2 aliphatic rings. The molecule has 2 atom stereocenters. The van der Waals surface area contributed by atoms with Crippen LogP contribution in [0.25, 0.3) is 0 Å². The van der Waals surface area contributed by atoms with Crippen LogP contribution in [0.2, 0.25) is 0 Å². The smallest absolute Gasteiger partial charge is 0.248 e. The highest BCUT2D eigenvalue weighted by atomic mass is 16.5. The molecule has 154 valence electrons. The maximum absolute atomic E-state index is 12.5. The molecule has 0 radical (unpaired) electrons. The summed E-state index contributed by atoms with van der Waals surface area (Å²) in [5, 5.41) is 3.58. The standard InChI is InChI=1S/C22H33N3O3/c1-22(2)17-13-16(21(23)27)8-7-15(17)14-18(28-3)20(22)24-10-9-19(26)25-11-5-4-6-12-25/h7-8,13,18,20,24H,4-6,9-12,14H2,1-3H3,(H2,23,27)/t18-,20+/m1/s1. The van der Waals surface area contributed by atoms with Gasteiger partial charge in [-0.25, -0.2) is 0 Å². The topological polar surface area (TPSA) is 84.7 Å². The Morgan fingerprint density at radius 3 is 2.61 bits per heavy atom. The van der Waals surface area contributed by atoms with Crippen LogP contribution in [0.1, 0.15) is 61.0 Å². The third kappa shape index (κ3) is 4.23. The largest absolute Gasteiger partial charge is 0.379 e. The third-order valence-electron chi connectivity index (χ3n) is 6.37. The summed E-state index contributed by atoms with van der Waals surface area (Å²) in [5.41, 5.74) is 8.07. The van der Waals surface area contributed by atoms with Gasteiger partial charge in [-0.05, 0) is 42.5 Å². The average molecular weight is 388 g/mol. The number of nitrogens with one attached hydrogen (secondary N) is 1. The molecule has 6 heteroatoms. The van der Waals surface area contributed by atoms with Crippen LogP contribution in [-0.4, -0.2) is 55.6 Å². The number of fused-ring (bicyclic) bond motifs is 1. The third-order valence-corrected chi connectivity index (χ3v) is 6.37. The number of ether oxygens (including phenoxy) is 1. The van der Waals surface area contributed by atoms with Gasteiger partial charge in [0.15, 0.2) is 0 Å². The molecule has 1 aliphatic carbocycles. The van der Waals surface area contributed by atoms with E-state index in [-0.39, 0.29) is 23.5 Å². The van der Waals surface area contributed by atoms with E-state index in [1.54, 1.807) is 13.2 Å². The van der Waals surface area contributed by atoms with Crippen molar-refractivity contribution in [3.05, 3.63) is 34.9 Å². The van der Waals surface area contributed by atoms with Crippen LogP contribution in [0, 0.1) is 0 Å². The van der Waals surface area contributed by atoms with Crippen LogP contribution in [0.5, 0.6) is 0 Å². The Hall–Kier alpha value is -1.92. The maximum atomic E-state index is 12.5. The summed E-state index contributed by atoms with van der Waals surface area (Å²) in [5.74, 6) is -0.185. The second kappa shape index (κ2) is 8.62. The minimum atomic E-state index is -0.413. The Kier molecular flexibility index (Phi) is 6.40. The number of primary amides is 1. The van der Waals surface area contributed by atoms with E-state index in [1.807, 2.05) is 17.0 Å². The summed E-state index contributed by atoms with van der Waals surface area (Å²) in [7, 11) is 1.73. The van der Waals surface area contributed by atoms with E-state index in [4.69, 9.17) is 10.5 Å². The first kappa shape index (κ1) is 20.8. The fourth-order valence-electron chi connectivity index (χ4n) is 4.72. The SMILES string of the molecule is CO[C@@H]1Cc2ccc(C(N)=O)cc2C(C)(C)[C@H]1NCCC(=O)N1CCCCC1. The summed E-state index contributed by atoms with van der Waals surface area (Å²) in [6.45, 7) is 6.71. The van der Waals surface area contributed by atoms with Gasteiger partial charge in [0.1, 0.15) is 0 Å². The van der Waals surface area contributed by atoms with Crippen molar-refractivity contribution in [2.24, 2.45) is 5.73 Å². The molecule has 3 N–H and O–H groups in total. The zero-order valence-electron chi connectivity index (χ0n) is 17.3. The van der Waals surface area contributed by atoms with Gasteiger partial charge in [-0.15, -0.1) is 0 Å². The average Bonchev–Trinajstić information content (AvgIpc) is 2.69. The Bertz CT molecular complexity index is 726. The molecule has 1 fully saturated rings. The number of likely N-dealkylation sites (tertiary alicyclic amines) is 1. The first-order valence-corrected chi connectivity index (χ1v) is 10.3. The predicted octanol–water partition coefficient (Wildman–Crippen LogP) is 2.00. The van der Waals surface area contributed by atoms with Crippen molar-refractivity contribution >= 4 is 11.8 Å². The van der Waals surface area contributed by atoms with Gasteiger partial charge < -0.3 is 20.7 Å². The highest BCUT2D eigenvalue weighted by Gasteiger charge is 2.42. The van der Waals surface area contributed by atoms with Gasteiger partial charge in [-0.2, -0.15) is 0 Å². The van der Waals surface area contributed by atoms with Gasteiger partial charge >= 0.3 is 0 Å². The molecule has 1 aliphatic heterocycles. The highest BCUT2D eigenvalue weighted by Crippen LogP contribution is 2.38. The number of carbonyl (C=O) groups excluding carboxylic acids is 2. The molecular formula is C22H33N3O3. The van der Waals surface area contributed by atoms with Crippen LogP contribution >= 0.6 is 0 Å². The summed E-state index contributed by atoms with van der Waals surface area (Å²) in [6, 6.07) is 5.73. The van der Waals surface area contributed by atoms with E-state index in [9.17, 15) is 9.59 Å². The summed E-state index contributed by atoms with van der Waals surface area (Å²) in [6.07, 6.45) is 4.72. The second-order valence-corrected chi connectivity index (χ2v) is 8.56. The Morgan fingerprint density at radius 2 is 1.96 bits per heavy atom. The molecule has 28 heavy (non-hydrogen) atoms. The lowest BCUT2D eigenvalue weighted by molar-refractivity contribution is -0.132. The van der Waals surface area contributed by atoms with Crippen LogP contribution in [-0.2, 0) is 21.4 Å². The van der Waals surface area contributed by atoms with E-state index < -0.39 is 5.91 Å². The van der Waals surface area contributed by atoms with E-state index >= 15 is 0 Å². The molecule has 2 amide bonds. The minimum Gasteiger partial charge on any atom is -0.379 e. The highest BCUT2D eigenvalue weighted by molar-refractivity contribution is 5.93. The lowest BCUT2D eigenvalue weighted by Crippen LogP contribution is -2.57. The normalized spacial score (nSPS) is 23.9. The van der Waals surface area contributed by atoms with Crippen molar-refractivity contribution in [2.75, 3.05) is 26.7 Å². The number of piperidine rings is 1. The van der Waals surface area contributed by atoms with Crippen molar-refractivity contribution in [3.8, 4) is 0 Å². The van der Waals surface area contributed by atoms with Crippen molar-refractivity contribution in [1.82, 2.24) is 10.2 Å². The van der Waals surface area contributed by atoms with E-state index in [2.05, 4.69) is 19.2 Å². The van der Waals surface area contributed by atoms with Crippen molar-refractivity contribution in [1.29, 1.82) is 0 Å². The predicted molar refractivity (Wildman–Crippen MR) is 109 cm³/mol. The minimum absolute atomic E-state index is 0.00650. The molecule has 0 unspecified atom stereocenters. The molecule has 1 aromatic carbocycles. The molecule has 6 nitrogen and oxygen atoms in total. The van der Waals surface area contributed by atoms with Gasteiger partial charge in [0.2, 0.25) is 11.8 Å². The Labute approximate surface area is 167 Å². The quantitative estimate of drug-likeness (QED) is 0.782. The number of hydrogen-bond donors (Lipinski definition) is 2. The van der Waals surface area contributed by atoms with Crippen LogP contribution in [0.15, 0.2) is 18.2 Å². The number of hydrogen-bond acceptors (Lipinski definition) is 4. The van der Waals surface area contributed by atoms with Crippen LogP contribution < -0.4 is 11.1 Å². The van der Waals surface area contributed by atoms with Crippen LogP contribution in [0.3, 0.4) is 0 Å². The maximum Gasteiger partial charge on any atom is 0.248 e. The molecule has 0 spiro atoms. The number of rotatable bonds is 6. The van der Waals surface area contributed by atoms with Gasteiger partial charge in [0.25, 0.3) is 0 Å². The summed E-state index contributed by atoms with van der Waals surface area (Å²) >= 11 is 0. The van der Waals surface area contributed by atoms with Gasteiger partial charge in [0, 0.05) is 56.6 Å². The van der Waals surface area contributed by atoms with Crippen molar-refractivity contribution < 1.29 is 14.3 Å². The van der Waals surface area contributed by atoms with Crippen molar-refractivity contribution in [2.45, 2.75) is 63.5 Å². The molecule has 3 rings (SSSR count). The Morgan fingerprint density at radius 1 is 1.25 bits per heavy atom. The van der Waals surface area contributed by atoms with E-state index in [1.165, 1.54) is 12.0 Å². The van der Waals surface area contributed by atoms with Crippen LogP contribution in [0.4, 0.5) is 0 Å². The molecule has 0 saturated carbocycles. The molecule has 0 bridgehead atoms. The zero-order chi connectivity index (χ0) is 20.3. The molecule has 1 aromatic rings. The number of nitrogens with two attached hydrogens (primary N) is 1. The fraction of sp³-hybridized carbons (Fsp3) is 0.636. The molecule has 0 aromatic heterocycles. The zero-order valence-corrected chi connectivity index (χ0v) is 17.3. The van der Waals surface area contributed by atoms with E-state index in [0.29, 0.717) is 18.5 Å². The summed E-state index contributed by atoms with van der Waals surface area (Å²) < 4.78 is 5.80. The monoisotopic (exact) mass is 387 g/mol. The van der Waals surface area contributed by atoms with Crippen molar-refractivity contribution in [3.63, 3.8) is 0 Å². The fourth-order valence-corrected chi connectivity index (χ4v) is 4.72. The second-order valence-electron chi connectivity index (χ2n) is 8.56. The number of carbonyl (C=O) groups is 2. The molecule has 1 saturated heterocycles. The Balaban J connectivity index is 1.71. The van der Waals surface area contributed by atoms with Gasteiger partial charge in [-0.1, -0.05) is 19.9 Å². The molecular weight excluding hydrogens is 354 g/mol. The lowest BCUT2D eigenvalue weighted by Gasteiger charge is -2.45. The number of methoxy groups -OCH3 is 1. The number of amides is 2.